The Kier molecular flexibility index (Phi) is 3.94. The first-order valence-electron chi connectivity index (χ1n) is 6.70. The van der Waals surface area contributed by atoms with Crippen LogP contribution < -0.4 is 0 Å². The first kappa shape index (κ1) is 14.2. The maximum absolute atomic E-state index is 12.7. The summed E-state index contributed by atoms with van der Waals surface area (Å²) >= 11 is 5.61. The molecular formula is C12H16ClN3O3S. The molecule has 2 aliphatic rings. The highest BCUT2D eigenvalue weighted by Gasteiger charge is 2.41. The number of sulfonamides is 1. The van der Waals surface area contributed by atoms with E-state index in [-0.39, 0.29) is 22.3 Å². The number of hydrogen-bond donors (Lipinski definition) is 0. The molecule has 1 aromatic heterocycles. The van der Waals surface area contributed by atoms with Gasteiger partial charge in [0, 0.05) is 6.54 Å². The van der Waals surface area contributed by atoms with Crippen LogP contribution in [0.1, 0.15) is 25.7 Å². The summed E-state index contributed by atoms with van der Waals surface area (Å²) < 4.78 is 32.7. The van der Waals surface area contributed by atoms with E-state index in [1.54, 1.807) is 4.31 Å². The molecule has 110 valence electrons. The Morgan fingerprint density at radius 3 is 2.70 bits per heavy atom. The number of morpholine rings is 1. The number of ether oxygens (including phenoxy) is 1. The number of aromatic nitrogens is 2. The molecular weight excluding hydrogens is 302 g/mol. The molecule has 0 amide bonds. The van der Waals surface area contributed by atoms with Gasteiger partial charge in [-0.1, -0.05) is 12.8 Å². The molecule has 1 aliphatic carbocycles. The van der Waals surface area contributed by atoms with E-state index in [9.17, 15) is 8.42 Å². The number of halogens is 1. The van der Waals surface area contributed by atoms with Crippen LogP contribution in [0.3, 0.4) is 0 Å². The summed E-state index contributed by atoms with van der Waals surface area (Å²) in [5.74, 6) is 0. The van der Waals surface area contributed by atoms with E-state index in [1.165, 1.54) is 12.4 Å². The van der Waals surface area contributed by atoms with Crippen molar-refractivity contribution < 1.29 is 13.2 Å². The molecule has 6 nitrogen and oxygen atoms in total. The molecule has 8 heteroatoms. The third kappa shape index (κ3) is 2.55. The van der Waals surface area contributed by atoms with Gasteiger partial charge in [-0.05, 0) is 24.4 Å². The first-order chi connectivity index (χ1) is 9.59. The molecule has 2 fully saturated rings. The Balaban J connectivity index is 1.91. The number of fused-ring (bicyclic) bond motifs is 1. The lowest BCUT2D eigenvalue weighted by Crippen LogP contribution is -2.54. The van der Waals surface area contributed by atoms with Crippen LogP contribution in [0, 0.1) is 0 Å². The van der Waals surface area contributed by atoms with Crippen LogP contribution in [0.25, 0.3) is 0 Å². The monoisotopic (exact) mass is 317 g/mol. The average molecular weight is 318 g/mol. The van der Waals surface area contributed by atoms with Crippen molar-refractivity contribution in [2.75, 3.05) is 13.2 Å². The highest BCUT2D eigenvalue weighted by atomic mass is 35.5. The zero-order valence-corrected chi connectivity index (χ0v) is 12.5. The topological polar surface area (TPSA) is 72.4 Å². The van der Waals surface area contributed by atoms with Gasteiger partial charge in [0.05, 0.1) is 31.1 Å². The maximum atomic E-state index is 12.7. The predicted octanol–water partition coefficient (Wildman–Crippen LogP) is 1.46. The van der Waals surface area contributed by atoms with Gasteiger partial charge in [-0.2, -0.15) is 4.31 Å². The molecule has 0 spiro atoms. The highest BCUT2D eigenvalue weighted by molar-refractivity contribution is 7.89. The highest BCUT2D eigenvalue weighted by Crippen LogP contribution is 2.32. The van der Waals surface area contributed by atoms with E-state index in [0.29, 0.717) is 13.2 Å². The fourth-order valence-electron chi connectivity index (χ4n) is 2.93. The van der Waals surface area contributed by atoms with Gasteiger partial charge in [0.1, 0.15) is 4.90 Å². The van der Waals surface area contributed by atoms with E-state index in [1.807, 2.05) is 0 Å². The third-order valence-electron chi connectivity index (χ3n) is 3.88. The molecule has 1 aliphatic heterocycles. The molecule has 0 bridgehead atoms. The van der Waals surface area contributed by atoms with Crippen molar-refractivity contribution in [3.8, 4) is 0 Å². The van der Waals surface area contributed by atoms with Gasteiger partial charge < -0.3 is 4.74 Å². The quantitative estimate of drug-likeness (QED) is 0.772. The minimum atomic E-state index is -3.58. The predicted molar refractivity (Wildman–Crippen MR) is 72.9 cm³/mol. The number of nitrogens with zero attached hydrogens (tertiary/aromatic N) is 3. The van der Waals surface area contributed by atoms with Gasteiger partial charge >= 0.3 is 0 Å². The zero-order valence-electron chi connectivity index (χ0n) is 10.9. The second-order valence-electron chi connectivity index (χ2n) is 5.06. The summed E-state index contributed by atoms with van der Waals surface area (Å²) in [5.41, 5.74) is 0. The van der Waals surface area contributed by atoms with Crippen LogP contribution in [0.2, 0.25) is 5.28 Å². The van der Waals surface area contributed by atoms with Crippen LogP contribution in [-0.4, -0.2) is 48.0 Å². The molecule has 1 saturated carbocycles. The molecule has 2 unspecified atom stereocenters. The summed E-state index contributed by atoms with van der Waals surface area (Å²) in [6.45, 7) is 0.820. The smallest absolute Gasteiger partial charge is 0.246 e. The lowest BCUT2D eigenvalue weighted by atomic mass is 9.91. The Morgan fingerprint density at radius 2 is 1.95 bits per heavy atom. The molecule has 0 aromatic carbocycles. The number of hydrogen-bond acceptors (Lipinski definition) is 5. The van der Waals surface area contributed by atoms with Crippen molar-refractivity contribution in [2.45, 2.75) is 42.7 Å². The van der Waals surface area contributed by atoms with Crippen molar-refractivity contribution in [1.29, 1.82) is 0 Å². The Hall–Kier alpha value is -0.760. The van der Waals surface area contributed by atoms with Crippen molar-refractivity contribution in [3.05, 3.63) is 17.7 Å². The van der Waals surface area contributed by atoms with Gasteiger partial charge in [0.25, 0.3) is 0 Å². The van der Waals surface area contributed by atoms with Crippen LogP contribution >= 0.6 is 11.6 Å². The Bertz CT molecular complexity index is 576. The molecule has 1 aromatic rings. The Morgan fingerprint density at radius 1 is 1.25 bits per heavy atom. The molecule has 1 saturated heterocycles. The minimum absolute atomic E-state index is 0.0143. The maximum Gasteiger partial charge on any atom is 0.246 e. The van der Waals surface area contributed by atoms with Gasteiger partial charge in [-0.25, -0.2) is 18.4 Å². The summed E-state index contributed by atoms with van der Waals surface area (Å²) in [6, 6.07) is -0.0711. The molecule has 3 rings (SSSR count). The molecule has 2 heterocycles. The van der Waals surface area contributed by atoms with E-state index in [2.05, 4.69) is 9.97 Å². The standard InChI is InChI=1S/C12H16ClN3O3S/c13-12-14-7-9(8-15-12)20(17,18)16-5-6-19-11-4-2-1-3-10(11)16/h7-8,10-11H,1-6H2. The van der Waals surface area contributed by atoms with Crippen LogP contribution in [0.15, 0.2) is 17.3 Å². The lowest BCUT2D eigenvalue weighted by molar-refractivity contribution is -0.0586. The summed E-state index contributed by atoms with van der Waals surface area (Å²) in [5, 5.41) is 0.0430. The largest absolute Gasteiger partial charge is 0.375 e. The van der Waals surface area contributed by atoms with Gasteiger partial charge in [-0.15, -0.1) is 0 Å². The molecule has 20 heavy (non-hydrogen) atoms. The second-order valence-corrected chi connectivity index (χ2v) is 7.29. The second kappa shape index (κ2) is 5.55. The van der Waals surface area contributed by atoms with E-state index in [4.69, 9.17) is 16.3 Å². The third-order valence-corrected chi connectivity index (χ3v) is 5.96. The van der Waals surface area contributed by atoms with Gasteiger partial charge in [0.15, 0.2) is 0 Å². The fourth-order valence-corrected chi connectivity index (χ4v) is 4.58. The Labute approximate surface area is 123 Å². The number of rotatable bonds is 2. The summed E-state index contributed by atoms with van der Waals surface area (Å²) in [7, 11) is -3.58. The fraction of sp³-hybridized carbons (Fsp3) is 0.667. The van der Waals surface area contributed by atoms with Gasteiger partial charge in [0.2, 0.25) is 15.3 Å². The van der Waals surface area contributed by atoms with E-state index >= 15 is 0 Å². The van der Waals surface area contributed by atoms with Crippen LogP contribution in [-0.2, 0) is 14.8 Å². The lowest BCUT2D eigenvalue weighted by Gasteiger charge is -2.42. The SMILES string of the molecule is O=S(=O)(c1cnc(Cl)nc1)N1CCOC2CCCCC21. The van der Waals surface area contributed by atoms with Crippen molar-refractivity contribution in [3.63, 3.8) is 0 Å². The summed E-state index contributed by atoms with van der Waals surface area (Å²) in [6.07, 6.45) is 6.44. The average Bonchev–Trinajstić information content (AvgIpc) is 2.47. The molecule has 0 radical (unpaired) electrons. The summed E-state index contributed by atoms with van der Waals surface area (Å²) in [4.78, 5) is 7.61. The van der Waals surface area contributed by atoms with Crippen molar-refractivity contribution in [1.82, 2.24) is 14.3 Å². The van der Waals surface area contributed by atoms with Crippen LogP contribution in [0.5, 0.6) is 0 Å². The molecule has 2 atom stereocenters. The van der Waals surface area contributed by atoms with E-state index in [0.717, 1.165) is 25.7 Å². The zero-order chi connectivity index (χ0) is 14.2. The van der Waals surface area contributed by atoms with Gasteiger partial charge in [-0.3, -0.25) is 0 Å². The van der Waals surface area contributed by atoms with Crippen LogP contribution in [0.4, 0.5) is 0 Å². The minimum Gasteiger partial charge on any atom is -0.375 e. The van der Waals surface area contributed by atoms with Crippen molar-refractivity contribution in [2.24, 2.45) is 0 Å². The van der Waals surface area contributed by atoms with E-state index < -0.39 is 10.0 Å². The van der Waals surface area contributed by atoms with Crippen molar-refractivity contribution >= 4 is 21.6 Å². The molecule has 0 N–H and O–H groups in total. The first-order valence-corrected chi connectivity index (χ1v) is 8.52. The normalized spacial score (nSPS) is 28.1.